The fourth-order valence-corrected chi connectivity index (χ4v) is 1.98. The van der Waals surface area contributed by atoms with Crippen LogP contribution >= 0.6 is 0 Å². The number of benzene rings is 1. The molecule has 0 fully saturated rings. The van der Waals surface area contributed by atoms with Gasteiger partial charge in [-0.3, -0.25) is 4.98 Å². The Morgan fingerprint density at radius 3 is 2.86 bits per heavy atom. The molecule has 110 valence electrons. The van der Waals surface area contributed by atoms with Gasteiger partial charge in [-0.15, -0.1) is 0 Å². The van der Waals surface area contributed by atoms with Gasteiger partial charge in [-0.05, 0) is 36.8 Å². The zero-order chi connectivity index (χ0) is 15.1. The molecule has 0 saturated heterocycles. The molecule has 5 nitrogen and oxygen atoms in total. The molecule has 0 aliphatic heterocycles. The first-order valence-corrected chi connectivity index (χ1v) is 6.88. The molecular formula is C16H19N3O2. The monoisotopic (exact) mass is 285 g/mol. The molecule has 2 amide bonds. The van der Waals surface area contributed by atoms with Gasteiger partial charge in [0.05, 0.1) is 6.04 Å². The van der Waals surface area contributed by atoms with Crippen LogP contribution in [0.1, 0.15) is 24.2 Å². The topological polar surface area (TPSA) is 74.2 Å². The van der Waals surface area contributed by atoms with E-state index in [0.29, 0.717) is 13.0 Å². The van der Waals surface area contributed by atoms with E-state index in [2.05, 4.69) is 15.6 Å². The van der Waals surface area contributed by atoms with E-state index in [4.69, 9.17) is 0 Å². The minimum atomic E-state index is -0.234. The number of nitrogens with zero attached hydrogens (tertiary/aromatic N) is 1. The average molecular weight is 285 g/mol. The number of hydrogen-bond donors (Lipinski definition) is 3. The summed E-state index contributed by atoms with van der Waals surface area (Å²) in [5, 5.41) is 15.1. The standard InChI is InChI=1S/C16H19N3O2/c1-12(13-5-4-7-15(20)11-13)19-16(21)18-10-8-14-6-2-3-9-17-14/h2-7,9,11-12,20H,8,10H2,1H3,(H2,18,19,21)/t12-/m1/s1. The third-order valence-electron chi connectivity index (χ3n) is 3.11. The molecule has 0 radical (unpaired) electrons. The number of nitrogens with one attached hydrogen (secondary N) is 2. The number of aromatic hydroxyl groups is 1. The van der Waals surface area contributed by atoms with Crippen LogP contribution in [0.15, 0.2) is 48.7 Å². The second-order valence-corrected chi connectivity index (χ2v) is 4.79. The number of hydrogen-bond acceptors (Lipinski definition) is 3. The van der Waals surface area contributed by atoms with Crippen molar-refractivity contribution in [2.75, 3.05) is 6.54 Å². The van der Waals surface area contributed by atoms with Crippen LogP contribution in [0.4, 0.5) is 4.79 Å². The molecule has 0 bridgehead atoms. The van der Waals surface area contributed by atoms with Crippen LogP contribution in [0.2, 0.25) is 0 Å². The predicted molar refractivity (Wildman–Crippen MR) is 81.0 cm³/mol. The number of carbonyl (C=O) groups excluding carboxylic acids is 1. The fraction of sp³-hybridized carbons (Fsp3) is 0.250. The summed E-state index contributed by atoms with van der Waals surface area (Å²) < 4.78 is 0. The lowest BCUT2D eigenvalue weighted by atomic mass is 10.1. The van der Waals surface area contributed by atoms with Crippen molar-refractivity contribution >= 4 is 6.03 Å². The summed E-state index contributed by atoms with van der Waals surface area (Å²) in [4.78, 5) is 16.0. The summed E-state index contributed by atoms with van der Waals surface area (Å²) in [5.74, 6) is 0.191. The largest absolute Gasteiger partial charge is 0.508 e. The minimum absolute atomic E-state index is 0.174. The molecule has 0 saturated carbocycles. The van der Waals surface area contributed by atoms with Gasteiger partial charge >= 0.3 is 6.03 Å². The second kappa shape index (κ2) is 7.28. The Bertz CT molecular complexity index is 587. The maximum atomic E-state index is 11.8. The SMILES string of the molecule is C[C@@H](NC(=O)NCCc1ccccn1)c1cccc(O)c1. The summed E-state index contributed by atoms with van der Waals surface area (Å²) in [6.07, 6.45) is 2.42. The first-order chi connectivity index (χ1) is 10.1. The maximum absolute atomic E-state index is 11.8. The third-order valence-corrected chi connectivity index (χ3v) is 3.11. The van der Waals surface area contributed by atoms with Gasteiger partial charge in [0.25, 0.3) is 0 Å². The van der Waals surface area contributed by atoms with Gasteiger partial charge in [0.2, 0.25) is 0 Å². The minimum Gasteiger partial charge on any atom is -0.508 e. The zero-order valence-electron chi connectivity index (χ0n) is 11.9. The molecule has 0 spiro atoms. The molecule has 2 aromatic rings. The van der Waals surface area contributed by atoms with Gasteiger partial charge < -0.3 is 15.7 Å². The second-order valence-electron chi connectivity index (χ2n) is 4.79. The lowest BCUT2D eigenvalue weighted by Crippen LogP contribution is -2.38. The zero-order valence-corrected chi connectivity index (χ0v) is 11.9. The Morgan fingerprint density at radius 2 is 2.14 bits per heavy atom. The number of pyridine rings is 1. The predicted octanol–water partition coefficient (Wildman–Crippen LogP) is 2.39. The van der Waals surface area contributed by atoms with E-state index < -0.39 is 0 Å². The highest BCUT2D eigenvalue weighted by Crippen LogP contribution is 2.17. The number of carbonyl (C=O) groups is 1. The lowest BCUT2D eigenvalue weighted by molar-refractivity contribution is 0.238. The summed E-state index contributed by atoms with van der Waals surface area (Å²) >= 11 is 0. The van der Waals surface area contributed by atoms with E-state index in [9.17, 15) is 9.90 Å². The van der Waals surface area contributed by atoms with Gasteiger partial charge in [0.1, 0.15) is 5.75 Å². The molecule has 0 unspecified atom stereocenters. The first kappa shape index (κ1) is 14.8. The van der Waals surface area contributed by atoms with Gasteiger partial charge in [0, 0.05) is 24.9 Å². The van der Waals surface area contributed by atoms with Crippen LogP contribution < -0.4 is 10.6 Å². The Kier molecular flexibility index (Phi) is 5.15. The average Bonchev–Trinajstić information content (AvgIpc) is 2.48. The van der Waals surface area contributed by atoms with E-state index in [-0.39, 0.29) is 17.8 Å². The molecular weight excluding hydrogens is 266 g/mol. The van der Waals surface area contributed by atoms with Crippen molar-refractivity contribution in [1.82, 2.24) is 15.6 Å². The first-order valence-electron chi connectivity index (χ1n) is 6.88. The molecule has 0 aliphatic carbocycles. The highest BCUT2D eigenvalue weighted by atomic mass is 16.3. The summed E-state index contributed by atoms with van der Waals surface area (Å²) in [5.41, 5.74) is 1.80. The van der Waals surface area contributed by atoms with Crippen LogP contribution in [0.3, 0.4) is 0 Å². The van der Waals surface area contributed by atoms with Crippen molar-refractivity contribution in [2.24, 2.45) is 0 Å². The van der Waals surface area contributed by atoms with Crippen molar-refractivity contribution in [3.63, 3.8) is 0 Å². The van der Waals surface area contributed by atoms with Crippen LogP contribution in [0, 0.1) is 0 Å². The molecule has 3 N–H and O–H groups in total. The van der Waals surface area contributed by atoms with Crippen LogP contribution in [-0.2, 0) is 6.42 Å². The van der Waals surface area contributed by atoms with Crippen molar-refractivity contribution < 1.29 is 9.90 Å². The smallest absolute Gasteiger partial charge is 0.315 e. The molecule has 1 aromatic carbocycles. The maximum Gasteiger partial charge on any atom is 0.315 e. The van der Waals surface area contributed by atoms with E-state index >= 15 is 0 Å². The Morgan fingerprint density at radius 1 is 1.29 bits per heavy atom. The number of rotatable bonds is 5. The van der Waals surface area contributed by atoms with Crippen molar-refractivity contribution in [3.8, 4) is 5.75 Å². The van der Waals surface area contributed by atoms with Crippen molar-refractivity contribution in [2.45, 2.75) is 19.4 Å². The Hall–Kier alpha value is -2.56. The normalized spacial score (nSPS) is 11.7. The van der Waals surface area contributed by atoms with Gasteiger partial charge in [-0.2, -0.15) is 0 Å². The highest BCUT2D eigenvalue weighted by Gasteiger charge is 2.09. The van der Waals surface area contributed by atoms with Crippen molar-refractivity contribution in [3.05, 3.63) is 59.9 Å². The Balaban J connectivity index is 1.76. The van der Waals surface area contributed by atoms with E-state index in [1.165, 1.54) is 0 Å². The molecule has 0 aliphatic rings. The third kappa shape index (κ3) is 4.80. The molecule has 1 aromatic heterocycles. The number of phenolic OH excluding ortho intramolecular Hbond substituents is 1. The van der Waals surface area contributed by atoms with Gasteiger partial charge in [-0.25, -0.2) is 4.79 Å². The molecule has 21 heavy (non-hydrogen) atoms. The van der Waals surface area contributed by atoms with Gasteiger partial charge in [0.15, 0.2) is 0 Å². The molecule has 1 atom stereocenters. The number of amides is 2. The number of urea groups is 1. The van der Waals surface area contributed by atoms with Gasteiger partial charge in [-0.1, -0.05) is 18.2 Å². The van der Waals surface area contributed by atoms with E-state index in [1.807, 2.05) is 31.2 Å². The number of phenols is 1. The molecule has 2 rings (SSSR count). The van der Waals surface area contributed by atoms with Crippen LogP contribution in [-0.4, -0.2) is 22.7 Å². The van der Waals surface area contributed by atoms with E-state index in [0.717, 1.165) is 11.3 Å². The van der Waals surface area contributed by atoms with Crippen LogP contribution in [0.25, 0.3) is 0 Å². The van der Waals surface area contributed by atoms with Crippen LogP contribution in [0.5, 0.6) is 5.75 Å². The molecule has 5 heteroatoms. The quantitative estimate of drug-likeness (QED) is 0.789. The summed E-state index contributed by atoms with van der Waals surface area (Å²) in [7, 11) is 0. The highest BCUT2D eigenvalue weighted by molar-refractivity contribution is 5.74. The summed E-state index contributed by atoms with van der Waals surface area (Å²) in [6.45, 7) is 2.39. The summed E-state index contributed by atoms with van der Waals surface area (Å²) in [6, 6.07) is 12.2. The fourth-order valence-electron chi connectivity index (χ4n) is 1.98. The lowest BCUT2D eigenvalue weighted by Gasteiger charge is -2.15. The Labute approximate surface area is 124 Å². The van der Waals surface area contributed by atoms with Crippen molar-refractivity contribution in [1.29, 1.82) is 0 Å². The number of aromatic nitrogens is 1. The molecule has 1 heterocycles. The van der Waals surface area contributed by atoms with E-state index in [1.54, 1.807) is 24.4 Å².